The molecular formula is C14H15F3N2O9S. The Kier molecular flexibility index (Phi) is 5.44. The Bertz CT molecular complexity index is 824. The van der Waals surface area contributed by atoms with Gasteiger partial charge in [0, 0.05) is 13.0 Å². The summed E-state index contributed by atoms with van der Waals surface area (Å²) in [6.45, 7) is -1.84. The van der Waals surface area contributed by atoms with Crippen molar-refractivity contribution in [2.75, 3.05) is 19.2 Å². The molecule has 4 amide bonds. The number of hydroxylamine groups is 4. The summed E-state index contributed by atoms with van der Waals surface area (Å²) in [5.41, 5.74) is 0. The van der Waals surface area contributed by atoms with E-state index in [1.807, 2.05) is 0 Å². The van der Waals surface area contributed by atoms with Crippen molar-refractivity contribution in [3.05, 3.63) is 0 Å². The summed E-state index contributed by atoms with van der Waals surface area (Å²) in [7, 11) is -4.87. The maximum Gasteiger partial charge on any atom is 0.318 e. The fourth-order valence-electron chi connectivity index (χ4n) is 3.64. The van der Waals surface area contributed by atoms with Crippen LogP contribution in [0.15, 0.2) is 0 Å². The van der Waals surface area contributed by atoms with Crippen molar-refractivity contribution in [1.29, 1.82) is 0 Å². The van der Waals surface area contributed by atoms with Crippen molar-refractivity contribution in [2.24, 2.45) is 23.7 Å². The third-order valence-electron chi connectivity index (χ3n) is 4.92. The maximum absolute atomic E-state index is 13.6. The smallest absolute Gasteiger partial charge is 0.318 e. The third kappa shape index (κ3) is 3.51. The molecule has 2 saturated heterocycles. The van der Waals surface area contributed by atoms with Crippen LogP contribution in [0.5, 0.6) is 0 Å². The van der Waals surface area contributed by atoms with Gasteiger partial charge in [-0.15, -0.1) is 9.35 Å². The van der Waals surface area contributed by atoms with Gasteiger partial charge in [-0.3, -0.25) is 24.0 Å². The minimum absolute atomic E-state index is 0.0740. The Morgan fingerprint density at radius 3 is 1.79 bits per heavy atom. The molecule has 15 heteroatoms. The second kappa shape index (κ2) is 7.30. The molecule has 1 N–H and O–H groups in total. The molecule has 2 heterocycles. The molecule has 3 rings (SSSR count). The number of aliphatic hydroxyl groups is 1. The van der Waals surface area contributed by atoms with Crippen molar-refractivity contribution in [2.45, 2.75) is 18.8 Å². The van der Waals surface area contributed by atoms with Gasteiger partial charge in [0.05, 0.1) is 23.7 Å². The summed E-state index contributed by atoms with van der Waals surface area (Å²) in [6, 6.07) is -2.02. The van der Waals surface area contributed by atoms with Gasteiger partial charge in [0.15, 0.2) is 0 Å². The predicted octanol–water partition coefficient (Wildman–Crippen LogP) is -1.27. The van der Waals surface area contributed by atoms with Gasteiger partial charge in [0.2, 0.25) is 6.01 Å². The van der Waals surface area contributed by atoms with Gasteiger partial charge in [0.25, 0.3) is 29.6 Å². The standard InChI is InChI=1S/C14H15F3N2O9S/c15-5-29(25,26)28-19-12(23)8-6-7(9(8)13(19)24)11(22)18(10(6)21)27-4-14(16,17)2-1-3-20/h6-9,20H,1-5H2. The number of imide groups is 2. The molecule has 4 unspecified atom stereocenters. The first-order chi connectivity index (χ1) is 13.5. The number of fused-ring (bicyclic) bond motifs is 4. The topological polar surface area (TPSA) is 148 Å². The number of hydrogen-bond acceptors (Lipinski definition) is 9. The molecule has 3 aliphatic rings. The molecule has 162 valence electrons. The molecule has 11 nitrogen and oxygen atoms in total. The molecule has 29 heavy (non-hydrogen) atoms. The van der Waals surface area contributed by atoms with Crippen LogP contribution in [0.1, 0.15) is 12.8 Å². The minimum atomic E-state index is -4.87. The van der Waals surface area contributed by atoms with Gasteiger partial charge in [-0.25, -0.2) is 13.2 Å². The SMILES string of the molecule is O=C1C2C(C(=O)N1OCC(F)(F)CCCO)C1C(=O)N(OS(=O)(=O)CF)C(=O)C21. The first kappa shape index (κ1) is 21.6. The van der Waals surface area contributed by atoms with Gasteiger partial charge in [-0.2, -0.15) is 13.5 Å². The first-order valence-electron chi connectivity index (χ1n) is 8.31. The number of rotatable bonds is 9. The molecule has 0 aromatic carbocycles. The monoisotopic (exact) mass is 444 g/mol. The molecule has 1 saturated carbocycles. The fraction of sp³-hybridized carbons (Fsp3) is 0.714. The Labute approximate surface area is 161 Å². The van der Waals surface area contributed by atoms with Crippen LogP contribution >= 0.6 is 0 Å². The first-order valence-corrected chi connectivity index (χ1v) is 9.89. The molecular weight excluding hydrogens is 429 g/mol. The lowest BCUT2D eigenvalue weighted by Crippen LogP contribution is -2.50. The van der Waals surface area contributed by atoms with Crippen LogP contribution in [-0.2, 0) is 38.4 Å². The van der Waals surface area contributed by atoms with Gasteiger partial charge in [-0.05, 0) is 6.42 Å². The number of alkyl halides is 3. The zero-order valence-corrected chi connectivity index (χ0v) is 15.3. The van der Waals surface area contributed by atoms with Crippen LogP contribution < -0.4 is 0 Å². The summed E-state index contributed by atoms with van der Waals surface area (Å²) in [5, 5.41) is 8.47. The summed E-state index contributed by atoms with van der Waals surface area (Å²) in [4.78, 5) is 53.8. The van der Waals surface area contributed by atoms with E-state index in [1.54, 1.807) is 0 Å². The van der Waals surface area contributed by atoms with Crippen LogP contribution in [0, 0.1) is 23.7 Å². The molecule has 0 aromatic heterocycles. The van der Waals surface area contributed by atoms with Gasteiger partial charge in [-0.1, -0.05) is 0 Å². The highest BCUT2D eigenvalue weighted by molar-refractivity contribution is 7.86. The Hall–Kier alpha value is -2.10. The summed E-state index contributed by atoms with van der Waals surface area (Å²) in [5.74, 6) is -13.9. The molecule has 0 bridgehead atoms. The van der Waals surface area contributed by atoms with Crippen LogP contribution in [0.4, 0.5) is 13.2 Å². The van der Waals surface area contributed by atoms with E-state index in [-0.39, 0.29) is 16.5 Å². The van der Waals surface area contributed by atoms with Crippen LogP contribution in [0.3, 0.4) is 0 Å². The van der Waals surface area contributed by atoms with E-state index >= 15 is 0 Å². The van der Waals surface area contributed by atoms with Crippen LogP contribution in [0.25, 0.3) is 0 Å². The number of amides is 4. The lowest BCUT2D eigenvalue weighted by atomic mass is 9.59. The van der Waals surface area contributed by atoms with E-state index in [4.69, 9.17) is 5.11 Å². The minimum Gasteiger partial charge on any atom is -0.396 e. The lowest BCUT2D eigenvalue weighted by molar-refractivity contribution is -0.212. The van der Waals surface area contributed by atoms with E-state index in [2.05, 4.69) is 9.12 Å². The van der Waals surface area contributed by atoms with Crippen LogP contribution in [-0.4, -0.2) is 72.4 Å². The number of aliphatic hydroxyl groups excluding tert-OH is 1. The second-order valence-electron chi connectivity index (χ2n) is 6.74. The lowest BCUT2D eigenvalue weighted by Gasteiger charge is -2.35. The Morgan fingerprint density at radius 1 is 0.931 bits per heavy atom. The van der Waals surface area contributed by atoms with Gasteiger partial charge in [0.1, 0.15) is 6.61 Å². The van der Waals surface area contributed by atoms with Crippen molar-refractivity contribution in [3.8, 4) is 0 Å². The Balaban J connectivity index is 1.72. The average Bonchev–Trinajstić information content (AvgIpc) is 2.93. The van der Waals surface area contributed by atoms with E-state index < -0.39 is 89.0 Å². The summed E-state index contributed by atoms with van der Waals surface area (Å²) in [6.07, 6.45) is -1.00. The normalized spacial score (nSPS) is 29.4. The molecule has 0 radical (unpaired) electrons. The molecule has 4 atom stereocenters. The molecule has 3 fully saturated rings. The van der Waals surface area contributed by atoms with E-state index in [1.165, 1.54) is 0 Å². The highest BCUT2D eigenvalue weighted by Gasteiger charge is 2.75. The third-order valence-corrected chi connectivity index (χ3v) is 5.56. The van der Waals surface area contributed by atoms with Gasteiger partial charge < -0.3 is 5.11 Å². The fourth-order valence-corrected chi connectivity index (χ4v) is 4.05. The molecule has 1 aliphatic carbocycles. The number of carbonyl (C=O) groups excluding carboxylic acids is 4. The summed E-state index contributed by atoms with van der Waals surface area (Å²) >= 11 is 0. The molecule has 0 aromatic rings. The van der Waals surface area contributed by atoms with Crippen molar-refractivity contribution in [3.63, 3.8) is 0 Å². The summed E-state index contributed by atoms with van der Waals surface area (Å²) < 4.78 is 66.1. The molecule has 0 spiro atoms. The average molecular weight is 444 g/mol. The van der Waals surface area contributed by atoms with E-state index in [9.17, 15) is 40.8 Å². The zero-order valence-electron chi connectivity index (χ0n) is 14.5. The second-order valence-corrected chi connectivity index (χ2v) is 8.23. The van der Waals surface area contributed by atoms with E-state index in [0.29, 0.717) is 0 Å². The number of halogens is 3. The number of hydrogen-bond donors (Lipinski definition) is 1. The largest absolute Gasteiger partial charge is 0.396 e. The highest BCUT2D eigenvalue weighted by atomic mass is 32.2. The quantitative estimate of drug-likeness (QED) is 0.430. The van der Waals surface area contributed by atoms with Gasteiger partial charge >= 0.3 is 10.1 Å². The Morgan fingerprint density at radius 2 is 1.38 bits per heavy atom. The highest BCUT2D eigenvalue weighted by Crippen LogP contribution is 2.56. The molecule has 2 aliphatic heterocycles. The van der Waals surface area contributed by atoms with Crippen molar-refractivity contribution >= 4 is 33.7 Å². The predicted molar refractivity (Wildman–Crippen MR) is 80.9 cm³/mol. The zero-order chi connectivity index (χ0) is 21.7. The van der Waals surface area contributed by atoms with Crippen LogP contribution in [0.2, 0.25) is 0 Å². The van der Waals surface area contributed by atoms with Crippen molar-refractivity contribution < 1.29 is 55.0 Å². The maximum atomic E-state index is 13.6. The number of nitrogens with zero attached hydrogens (tertiary/aromatic N) is 2. The number of carbonyl (C=O) groups is 4. The van der Waals surface area contributed by atoms with Crippen molar-refractivity contribution in [1.82, 2.24) is 10.1 Å². The van der Waals surface area contributed by atoms with E-state index in [0.717, 1.165) is 0 Å².